The highest BCUT2D eigenvalue weighted by Crippen LogP contribution is 2.16. The first-order chi connectivity index (χ1) is 7.85. The van der Waals surface area contributed by atoms with Crippen LogP contribution in [0, 0.1) is 5.41 Å². The van der Waals surface area contributed by atoms with Crippen LogP contribution < -0.4 is 0 Å². The van der Waals surface area contributed by atoms with Crippen molar-refractivity contribution in [3.63, 3.8) is 0 Å². The molecule has 0 spiro atoms. The van der Waals surface area contributed by atoms with Crippen LogP contribution in [0.2, 0.25) is 0 Å². The molecule has 0 saturated heterocycles. The summed E-state index contributed by atoms with van der Waals surface area (Å²) in [6, 6.07) is 0. The summed E-state index contributed by atoms with van der Waals surface area (Å²) in [6.45, 7) is 9.59. The zero-order valence-electron chi connectivity index (χ0n) is 11.8. The third-order valence-corrected chi connectivity index (χ3v) is 2.45. The molecule has 0 aliphatic rings. The maximum atomic E-state index is 10.4. The van der Waals surface area contributed by atoms with Gasteiger partial charge in [0.15, 0.2) is 0 Å². The summed E-state index contributed by atoms with van der Waals surface area (Å²) in [5.41, 5.74) is 0.238. The lowest BCUT2D eigenvalue weighted by Gasteiger charge is -2.29. The van der Waals surface area contributed by atoms with Crippen molar-refractivity contribution in [2.45, 2.75) is 46.5 Å². The van der Waals surface area contributed by atoms with Crippen molar-refractivity contribution in [1.29, 1.82) is 0 Å². The lowest BCUT2D eigenvalue weighted by Crippen LogP contribution is -2.34. The van der Waals surface area contributed by atoms with E-state index in [0.717, 1.165) is 38.9 Å². The van der Waals surface area contributed by atoms with Crippen LogP contribution in [0.25, 0.3) is 0 Å². The van der Waals surface area contributed by atoms with Gasteiger partial charge in [0.1, 0.15) is 0 Å². The van der Waals surface area contributed by atoms with E-state index in [2.05, 4.69) is 25.7 Å². The smallest absolute Gasteiger partial charge is 0.303 e. The maximum Gasteiger partial charge on any atom is 0.303 e. The molecule has 0 radical (unpaired) electrons. The first-order valence-corrected chi connectivity index (χ1v) is 6.40. The number of carboxylic acid groups (broad SMARTS) is 1. The van der Waals surface area contributed by atoms with Crippen LogP contribution >= 0.6 is 12.4 Å². The van der Waals surface area contributed by atoms with Gasteiger partial charge in [0.05, 0.1) is 0 Å². The monoisotopic (exact) mass is 281 g/mol. The summed E-state index contributed by atoms with van der Waals surface area (Å²) in [7, 11) is 0. The van der Waals surface area contributed by atoms with Gasteiger partial charge in [-0.3, -0.25) is 4.79 Å². The molecular formula is C13H28ClNO3. The van der Waals surface area contributed by atoms with E-state index >= 15 is 0 Å². The van der Waals surface area contributed by atoms with Gasteiger partial charge in [0.25, 0.3) is 0 Å². The second-order valence-electron chi connectivity index (χ2n) is 5.76. The molecule has 0 amide bonds. The molecule has 2 N–H and O–H groups in total. The van der Waals surface area contributed by atoms with Crippen LogP contribution in [0.5, 0.6) is 0 Å². The highest BCUT2D eigenvalue weighted by atomic mass is 35.5. The zero-order chi connectivity index (χ0) is 13.3. The van der Waals surface area contributed by atoms with E-state index in [0.29, 0.717) is 0 Å². The van der Waals surface area contributed by atoms with Gasteiger partial charge in [-0.2, -0.15) is 0 Å². The second kappa shape index (κ2) is 10.6. The molecule has 5 heteroatoms. The third-order valence-electron chi connectivity index (χ3n) is 2.45. The standard InChI is InChI=1S/C13H27NO3.ClH/c1-13(2,3)11-14(9-6-10-15)8-5-4-7-12(16)17;/h15H,4-11H2,1-3H3,(H,16,17);1H. The van der Waals surface area contributed by atoms with Gasteiger partial charge in [-0.25, -0.2) is 0 Å². The fourth-order valence-electron chi connectivity index (χ4n) is 1.85. The molecule has 4 nitrogen and oxygen atoms in total. The minimum absolute atomic E-state index is 0. The van der Waals surface area contributed by atoms with Crippen LogP contribution in [0.1, 0.15) is 46.5 Å². The number of carboxylic acids is 1. The second-order valence-corrected chi connectivity index (χ2v) is 5.76. The molecular weight excluding hydrogens is 254 g/mol. The van der Waals surface area contributed by atoms with Crippen molar-refractivity contribution < 1.29 is 15.0 Å². The molecule has 0 aromatic carbocycles. The number of unbranched alkanes of at least 4 members (excludes halogenated alkanes) is 1. The maximum absolute atomic E-state index is 10.4. The summed E-state index contributed by atoms with van der Waals surface area (Å²) < 4.78 is 0. The van der Waals surface area contributed by atoms with Gasteiger partial charge in [-0.05, 0) is 31.2 Å². The Kier molecular flexibility index (Phi) is 11.8. The topological polar surface area (TPSA) is 60.8 Å². The van der Waals surface area contributed by atoms with E-state index < -0.39 is 5.97 Å². The van der Waals surface area contributed by atoms with Crippen LogP contribution in [0.15, 0.2) is 0 Å². The van der Waals surface area contributed by atoms with Crippen molar-refractivity contribution >= 4 is 18.4 Å². The Morgan fingerprint density at radius 3 is 2.11 bits per heavy atom. The largest absolute Gasteiger partial charge is 0.481 e. The molecule has 0 aliphatic heterocycles. The van der Waals surface area contributed by atoms with Crippen LogP contribution in [-0.4, -0.2) is 47.3 Å². The average molecular weight is 282 g/mol. The normalized spacial score (nSPS) is 11.4. The van der Waals surface area contributed by atoms with Crippen molar-refractivity contribution in [3.05, 3.63) is 0 Å². The number of hydrogen-bond acceptors (Lipinski definition) is 3. The number of carbonyl (C=O) groups is 1. The van der Waals surface area contributed by atoms with Crippen LogP contribution in [0.3, 0.4) is 0 Å². The average Bonchev–Trinajstić information content (AvgIpc) is 2.18. The first kappa shape index (κ1) is 20.0. The van der Waals surface area contributed by atoms with Crippen LogP contribution in [0.4, 0.5) is 0 Å². The minimum atomic E-state index is -0.720. The van der Waals surface area contributed by atoms with Gasteiger partial charge in [-0.1, -0.05) is 20.8 Å². The number of nitrogens with zero attached hydrogens (tertiary/aromatic N) is 1. The fourth-order valence-corrected chi connectivity index (χ4v) is 1.85. The molecule has 110 valence electrons. The molecule has 0 heterocycles. The lowest BCUT2D eigenvalue weighted by molar-refractivity contribution is -0.137. The van der Waals surface area contributed by atoms with Gasteiger partial charge in [0.2, 0.25) is 0 Å². The Balaban J connectivity index is 0. The van der Waals surface area contributed by atoms with Crippen molar-refractivity contribution in [2.75, 3.05) is 26.2 Å². The van der Waals surface area contributed by atoms with E-state index in [9.17, 15) is 4.79 Å². The third kappa shape index (κ3) is 13.7. The Morgan fingerprint density at radius 2 is 1.67 bits per heavy atom. The highest BCUT2D eigenvalue weighted by molar-refractivity contribution is 5.85. The number of aliphatic hydroxyl groups is 1. The van der Waals surface area contributed by atoms with E-state index in [-0.39, 0.29) is 30.8 Å². The summed E-state index contributed by atoms with van der Waals surface area (Å²) >= 11 is 0. The molecule has 0 unspecified atom stereocenters. The first-order valence-electron chi connectivity index (χ1n) is 6.40. The molecule has 0 aromatic rings. The zero-order valence-corrected chi connectivity index (χ0v) is 12.6. The molecule has 18 heavy (non-hydrogen) atoms. The molecule has 0 bridgehead atoms. The summed E-state index contributed by atoms with van der Waals surface area (Å²) in [6.07, 6.45) is 2.68. The molecule has 0 aliphatic carbocycles. The van der Waals surface area contributed by atoms with E-state index in [4.69, 9.17) is 10.2 Å². The van der Waals surface area contributed by atoms with E-state index in [1.807, 2.05) is 0 Å². The highest BCUT2D eigenvalue weighted by Gasteiger charge is 2.15. The molecule has 0 rings (SSSR count). The van der Waals surface area contributed by atoms with E-state index in [1.165, 1.54) is 0 Å². The summed E-state index contributed by atoms with van der Waals surface area (Å²) in [4.78, 5) is 12.7. The minimum Gasteiger partial charge on any atom is -0.481 e. The number of hydrogen-bond donors (Lipinski definition) is 2. The quantitative estimate of drug-likeness (QED) is 0.637. The molecule has 0 fully saturated rings. The summed E-state index contributed by atoms with van der Waals surface area (Å²) in [5, 5.41) is 17.4. The van der Waals surface area contributed by atoms with Gasteiger partial charge in [0, 0.05) is 26.1 Å². The van der Waals surface area contributed by atoms with Crippen LogP contribution in [-0.2, 0) is 4.79 Å². The summed E-state index contributed by atoms with van der Waals surface area (Å²) in [5.74, 6) is -0.720. The number of aliphatic hydroxyl groups excluding tert-OH is 1. The lowest BCUT2D eigenvalue weighted by atomic mass is 9.96. The SMILES string of the molecule is CC(C)(C)CN(CCCO)CCCCC(=O)O.Cl. The molecule has 0 saturated carbocycles. The van der Waals surface area contributed by atoms with Crippen molar-refractivity contribution in [1.82, 2.24) is 4.90 Å². The number of halogens is 1. The predicted molar refractivity (Wildman–Crippen MR) is 76.3 cm³/mol. The van der Waals surface area contributed by atoms with Gasteiger partial charge >= 0.3 is 5.97 Å². The van der Waals surface area contributed by atoms with Gasteiger partial charge in [-0.15, -0.1) is 12.4 Å². The number of aliphatic carboxylic acids is 1. The fraction of sp³-hybridized carbons (Fsp3) is 0.923. The Bertz CT molecular complexity index is 217. The van der Waals surface area contributed by atoms with Crippen molar-refractivity contribution in [2.24, 2.45) is 5.41 Å². The van der Waals surface area contributed by atoms with Gasteiger partial charge < -0.3 is 15.1 Å². The molecule has 0 aromatic heterocycles. The Morgan fingerprint density at radius 1 is 1.11 bits per heavy atom. The Hall–Kier alpha value is -0.320. The molecule has 0 atom stereocenters. The predicted octanol–water partition coefficient (Wildman–Crippen LogP) is 2.39. The number of rotatable bonds is 9. The van der Waals surface area contributed by atoms with E-state index in [1.54, 1.807) is 0 Å². The van der Waals surface area contributed by atoms with Crippen molar-refractivity contribution in [3.8, 4) is 0 Å². The Labute approximate surface area is 117 Å².